The molecular weight excluding hydrogens is 311 g/mol. The molecule has 0 saturated carbocycles. The minimum atomic E-state index is -0.441. The molecule has 0 aliphatic carbocycles. The Kier molecular flexibility index (Phi) is 3.09. The van der Waals surface area contributed by atoms with Gasteiger partial charge in [-0.15, -0.1) is 0 Å². The number of ether oxygens (including phenoxy) is 1. The van der Waals surface area contributed by atoms with Gasteiger partial charge in [0.2, 0.25) is 0 Å². The third-order valence-electron chi connectivity index (χ3n) is 3.99. The van der Waals surface area contributed by atoms with Crippen molar-refractivity contribution in [2.75, 3.05) is 7.11 Å². The number of H-pyrrole nitrogens is 1. The Hall–Kier alpha value is -3.22. The van der Waals surface area contributed by atoms with Gasteiger partial charge in [0.15, 0.2) is 0 Å². The molecule has 0 radical (unpaired) electrons. The first-order valence-corrected chi connectivity index (χ1v) is 7.27. The summed E-state index contributed by atoms with van der Waals surface area (Å²) < 4.78 is 19.9. The Bertz CT molecular complexity index is 1100. The molecule has 0 aliphatic heterocycles. The number of methoxy groups -OCH3 is 1. The van der Waals surface area contributed by atoms with Gasteiger partial charge in [0, 0.05) is 18.6 Å². The lowest BCUT2D eigenvalue weighted by molar-refractivity contribution is 0.0602. The fourth-order valence-corrected chi connectivity index (χ4v) is 2.86. The molecule has 0 fully saturated rings. The predicted octanol–water partition coefficient (Wildman–Crippen LogP) is 3.04. The van der Waals surface area contributed by atoms with E-state index in [1.165, 1.54) is 19.2 Å². The first-order valence-electron chi connectivity index (χ1n) is 7.27. The number of rotatable bonds is 2. The van der Waals surface area contributed by atoms with Crippen molar-refractivity contribution in [2.24, 2.45) is 7.05 Å². The van der Waals surface area contributed by atoms with Crippen LogP contribution in [0.15, 0.2) is 36.5 Å². The number of fused-ring (bicyclic) bond motifs is 2. The molecule has 24 heavy (non-hydrogen) atoms. The number of nitrogens with zero attached hydrogens (tertiary/aromatic N) is 3. The highest BCUT2D eigenvalue weighted by Crippen LogP contribution is 2.30. The highest BCUT2D eigenvalue weighted by molar-refractivity contribution is 6.04. The predicted molar refractivity (Wildman–Crippen MR) is 87.1 cm³/mol. The lowest BCUT2D eigenvalue weighted by atomic mass is 10.1. The van der Waals surface area contributed by atoms with Crippen LogP contribution >= 0.6 is 0 Å². The van der Waals surface area contributed by atoms with Crippen molar-refractivity contribution < 1.29 is 13.9 Å². The molecule has 0 atom stereocenters. The molecule has 0 unspecified atom stereocenters. The van der Waals surface area contributed by atoms with Crippen molar-refractivity contribution in [1.82, 2.24) is 19.7 Å². The number of pyridine rings is 1. The number of carbonyl (C=O) groups excluding carboxylic acids is 1. The van der Waals surface area contributed by atoms with Crippen LogP contribution in [-0.2, 0) is 11.8 Å². The van der Waals surface area contributed by atoms with E-state index < -0.39 is 5.97 Å². The zero-order valence-electron chi connectivity index (χ0n) is 13.0. The van der Waals surface area contributed by atoms with Gasteiger partial charge >= 0.3 is 5.97 Å². The topological polar surface area (TPSA) is 72.8 Å². The quantitative estimate of drug-likeness (QED) is 0.575. The Balaban J connectivity index is 1.96. The van der Waals surface area contributed by atoms with Crippen molar-refractivity contribution in [2.45, 2.75) is 0 Å². The molecule has 0 saturated heterocycles. The van der Waals surface area contributed by atoms with Gasteiger partial charge < -0.3 is 9.72 Å². The molecule has 3 aromatic heterocycles. The molecular formula is C17H13FN4O2. The molecule has 1 N–H and O–H groups in total. The van der Waals surface area contributed by atoms with Gasteiger partial charge in [-0.25, -0.2) is 9.18 Å². The summed E-state index contributed by atoms with van der Waals surface area (Å²) in [6.07, 6.45) is 1.55. The highest BCUT2D eigenvalue weighted by Gasteiger charge is 2.17. The average Bonchev–Trinajstić information content (AvgIpc) is 3.15. The number of carbonyl (C=O) groups is 1. The first-order chi connectivity index (χ1) is 11.6. The Morgan fingerprint density at radius 3 is 2.92 bits per heavy atom. The van der Waals surface area contributed by atoms with E-state index in [1.54, 1.807) is 30.1 Å². The van der Waals surface area contributed by atoms with E-state index in [4.69, 9.17) is 4.74 Å². The van der Waals surface area contributed by atoms with Gasteiger partial charge in [0.05, 0.1) is 34.9 Å². The summed E-state index contributed by atoms with van der Waals surface area (Å²) in [6, 6.07) is 7.93. The fraction of sp³-hybridized carbons (Fsp3) is 0.118. The van der Waals surface area contributed by atoms with Crippen LogP contribution in [0.3, 0.4) is 0 Å². The summed E-state index contributed by atoms with van der Waals surface area (Å²) in [5, 5.41) is 5.28. The second-order valence-corrected chi connectivity index (χ2v) is 5.43. The summed E-state index contributed by atoms with van der Waals surface area (Å²) in [6.45, 7) is 0. The number of aromatic nitrogens is 4. The highest BCUT2D eigenvalue weighted by atomic mass is 19.1. The van der Waals surface area contributed by atoms with E-state index in [2.05, 4.69) is 15.1 Å². The zero-order valence-corrected chi connectivity index (χ0v) is 13.0. The maximum atomic E-state index is 13.5. The standard InChI is InChI=1S/C17H13FN4O2/c1-22-14-7-9(18)3-4-10(14)16(21-22)13-8-12-15(20-13)11(5-6-19-12)17(23)24-2/h3-8,20H,1-2H3. The lowest BCUT2D eigenvalue weighted by Crippen LogP contribution is -2.02. The maximum Gasteiger partial charge on any atom is 0.340 e. The number of hydrogen-bond donors (Lipinski definition) is 1. The van der Waals surface area contributed by atoms with Crippen LogP contribution in [0.5, 0.6) is 0 Å². The third kappa shape index (κ3) is 2.05. The smallest absolute Gasteiger partial charge is 0.340 e. The van der Waals surface area contributed by atoms with E-state index in [0.717, 1.165) is 5.39 Å². The Morgan fingerprint density at radius 1 is 1.29 bits per heavy atom. The second-order valence-electron chi connectivity index (χ2n) is 5.43. The van der Waals surface area contributed by atoms with Gasteiger partial charge in [-0.3, -0.25) is 9.67 Å². The van der Waals surface area contributed by atoms with Gasteiger partial charge in [-0.1, -0.05) is 0 Å². The lowest BCUT2D eigenvalue weighted by Gasteiger charge is -1.99. The fourth-order valence-electron chi connectivity index (χ4n) is 2.86. The van der Waals surface area contributed by atoms with Crippen LogP contribution in [-0.4, -0.2) is 32.8 Å². The van der Waals surface area contributed by atoms with Crippen molar-refractivity contribution >= 4 is 27.9 Å². The number of nitrogens with one attached hydrogen (secondary N) is 1. The Labute approximate surface area is 135 Å². The molecule has 1 aromatic carbocycles. The normalized spacial score (nSPS) is 11.3. The van der Waals surface area contributed by atoms with Crippen LogP contribution in [0.25, 0.3) is 33.3 Å². The van der Waals surface area contributed by atoms with Gasteiger partial charge in [-0.05, 0) is 30.3 Å². The summed E-state index contributed by atoms with van der Waals surface area (Å²) in [7, 11) is 3.09. The summed E-state index contributed by atoms with van der Waals surface area (Å²) in [5.74, 6) is -0.757. The molecule has 4 aromatic rings. The van der Waals surface area contributed by atoms with E-state index in [1.807, 2.05) is 6.07 Å². The third-order valence-corrected chi connectivity index (χ3v) is 3.99. The second kappa shape index (κ2) is 5.16. The van der Waals surface area contributed by atoms with Crippen LogP contribution < -0.4 is 0 Å². The van der Waals surface area contributed by atoms with Gasteiger partial charge in [0.1, 0.15) is 11.5 Å². The van der Waals surface area contributed by atoms with Gasteiger partial charge in [0.25, 0.3) is 0 Å². The monoisotopic (exact) mass is 324 g/mol. The summed E-state index contributed by atoms with van der Waals surface area (Å²) in [4.78, 5) is 19.4. The molecule has 0 spiro atoms. The number of benzene rings is 1. The van der Waals surface area contributed by atoms with Crippen LogP contribution in [0.1, 0.15) is 10.4 Å². The number of hydrogen-bond acceptors (Lipinski definition) is 4. The maximum absolute atomic E-state index is 13.5. The van der Waals surface area contributed by atoms with Crippen LogP contribution in [0.2, 0.25) is 0 Å². The van der Waals surface area contributed by atoms with Crippen LogP contribution in [0, 0.1) is 5.82 Å². The largest absolute Gasteiger partial charge is 0.465 e. The number of aryl methyl sites for hydroxylation is 1. The number of aromatic amines is 1. The molecule has 7 heteroatoms. The van der Waals surface area contributed by atoms with Gasteiger partial charge in [-0.2, -0.15) is 5.10 Å². The van der Waals surface area contributed by atoms with E-state index in [-0.39, 0.29) is 5.82 Å². The van der Waals surface area contributed by atoms with E-state index in [9.17, 15) is 9.18 Å². The summed E-state index contributed by atoms with van der Waals surface area (Å²) >= 11 is 0. The minimum absolute atomic E-state index is 0.316. The molecule has 0 bridgehead atoms. The average molecular weight is 324 g/mol. The van der Waals surface area contributed by atoms with Crippen molar-refractivity contribution in [3.05, 3.63) is 47.9 Å². The number of esters is 1. The summed E-state index contributed by atoms with van der Waals surface area (Å²) in [5.41, 5.74) is 3.67. The molecule has 0 amide bonds. The Morgan fingerprint density at radius 2 is 2.12 bits per heavy atom. The van der Waals surface area contributed by atoms with Crippen molar-refractivity contribution in [3.63, 3.8) is 0 Å². The van der Waals surface area contributed by atoms with E-state index in [0.29, 0.717) is 33.5 Å². The minimum Gasteiger partial charge on any atom is -0.465 e. The SMILES string of the molecule is COC(=O)c1ccnc2cc(-c3nn(C)c4cc(F)ccc34)[nH]c12. The van der Waals surface area contributed by atoms with E-state index >= 15 is 0 Å². The molecule has 3 heterocycles. The van der Waals surface area contributed by atoms with Crippen molar-refractivity contribution in [1.29, 1.82) is 0 Å². The first kappa shape index (κ1) is 14.4. The molecule has 0 aliphatic rings. The zero-order chi connectivity index (χ0) is 16.8. The molecule has 120 valence electrons. The molecule has 6 nitrogen and oxygen atoms in total. The van der Waals surface area contributed by atoms with Crippen molar-refractivity contribution in [3.8, 4) is 11.4 Å². The number of halogens is 1. The molecule has 4 rings (SSSR count). The van der Waals surface area contributed by atoms with Crippen LogP contribution in [0.4, 0.5) is 4.39 Å².